The molecule has 1 aromatic heterocycles. The molecule has 1 amide bonds. The Morgan fingerprint density at radius 3 is 2.43 bits per heavy atom. The lowest BCUT2D eigenvalue weighted by molar-refractivity contribution is -0.133. The van der Waals surface area contributed by atoms with Crippen LogP contribution in [0.15, 0.2) is 16.3 Å². The number of methoxy groups -OCH3 is 1. The molecule has 1 saturated carbocycles. The first-order valence-electron chi connectivity index (χ1n) is 7.40. The Kier molecular flexibility index (Phi) is 4.43. The van der Waals surface area contributed by atoms with E-state index in [4.69, 9.17) is 0 Å². The van der Waals surface area contributed by atoms with Gasteiger partial charge in [-0.15, -0.1) is 11.3 Å². The Hall–Kier alpha value is -1.45. The average molecular weight is 358 g/mol. The molecule has 1 aromatic rings. The number of carbonyl (C=O) groups is 2. The first-order valence-corrected chi connectivity index (χ1v) is 9.72. The van der Waals surface area contributed by atoms with Crippen molar-refractivity contribution in [1.29, 1.82) is 0 Å². The van der Waals surface area contributed by atoms with Crippen molar-refractivity contribution in [3.05, 3.63) is 16.3 Å². The predicted octanol–water partition coefficient (Wildman–Crippen LogP) is 0.778. The van der Waals surface area contributed by atoms with Crippen LogP contribution in [0.4, 0.5) is 0 Å². The number of hydrogen-bond donors (Lipinski definition) is 0. The van der Waals surface area contributed by atoms with Gasteiger partial charge in [-0.3, -0.25) is 4.79 Å². The Bertz CT molecular complexity index is 715. The van der Waals surface area contributed by atoms with Gasteiger partial charge >= 0.3 is 5.97 Å². The van der Waals surface area contributed by atoms with Gasteiger partial charge in [-0.05, 0) is 24.3 Å². The summed E-state index contributed by atoms with van der Waals surface area (Å²) in [6, 6.07) is 1.42. The Labute approximate surface area is 138 Å². The van der Waals surface area contributed by atoms with Crippen LogP contribution in [-0.2, 0) is 19.6 Å². The number of carbonyl (C=O) groups excluding carboxylic acids is 2. The van der Waals surface area contributed by atoms with Gasteiger partial charge in [-0.1, -0.05) is 0 Å². The molecule has 2 fully saturated rings. The number of rotatable bonds is 4. The summed E-state index contributed by atoms with van der Waals surface area (Å²) in [5, 5.41) is 1.56. The van der Waals surface area contributed by atoms with Gasteiger partial charge in [-0.25, -0.2) is 13.2 Å². The molecule has 0 spiro atoms. The van der Waals surface area contributed by atoms with Crippen LogP contribution in [0.5, 0.6) is 0 Å². The molecular weight excluding hydrogens is 340 g/mol. The lowest BCUT2D eigenvalue weighted by Gasteiger charge is -2.34. The quantitative estimate of drug-likeness (QED) is 0.743. The summed E-state index contributed by atoms with van der Waals surface area (Å²) in [5.41, 5.74) is 0. The molecule has 2 heterocycles. The number of thiophene rings is 1. The van der Waals surface area contributed by atoms with E-state index in [-0.39, 0.29) is 34.7 Å². The van der Waals surface area contributed by atoms with E-state index in [1.54, 1.807) is 10.3 Å². The second-order valence-electron chi connectivity index (χ2n) is 5.61. The first-order chi connectivity index (χ1) is 10.9. The summed E-state index contributed by atoms with van der Waals surface area (Å²) < 4.78 is 31.4. The van der Waals surface area contributed by atoms with E-state index in [0.717, 1.165) is 24.2 Å². The molecule has 0 atom stereocenters. The molecule has 0 bridgehead atoms. The van der Waals surface area contributed by atoms with Crippen molar-refractivity contribution in [2.24, 2.45) is 5.92 Å². The SMILES string of the molecule is COC(=O)c1sccc1S(=O)(=O)N1CCN(C(=O)C2CC2)CC1. The minimum atomic E-state index is -3.75. The molecule has 0 radical (unpaired) electrons. The van der Waals surface area contributed by atoms with Crippen LogP contribution < -0.4 is 0 Å². The highest BCUT2D eigenvalue weighted by Crippen LogP contribution is 2.32. The Morgan fingerprint density at radius 1 is 1.22 bits per heavy atom. The largest absolute Gasteiger partial charge is 0.465 e. The minimum Gasteiger partial charge on any atom is -0.465 e. The lowest BCUT2D eigenvalue weighted by atomic mass is 10.3. The standard InChI is InChI=1S/C14H18N2O5S2/c1-21-14(18)12-11(4-9-22-12)23(19,20)16-7-5-15(6-8-16)13(17)10-2-3-10/h4,9-10H,2-3,5-8H2,1H3. The fraction of sp³-hybridized carbons (Fsp3) is 0.571. The van der Waals surface area contributed by atoms with Crippen LogP contribution in [0.25, 0.3) is 0 Å². The van der Waals surface area contributed by atoms with Crippen LogP contribution in [0.3, 0.4) is 0 Å². The van der Waals surface area contributed by atoms with E-state index in [1.807, 2.05) is 0 Å². The van der Waals surface area contributed by atoms with Crippen molar-refractivity contribution in [3.8, 4) is 0 Å². The van der Waals surface area contributed by atoms with Crippen LogP contribution >= 0.6 is 11.3 Å². The molecule has 126 valence electrons. The van der Waals surface area contributed by atoms with E-state index in [2.05, 4.69) is 4.74 Å². The van der Waals surface area contributed by atoms with Gasteiger partial charge in [0.15, 0.2) is 0 Å². The fourth-order valence-corrected chi connectivity index (χ4v) is 5.35. The van der Waals surface area contributed by atoms with Gasteiger partial charge in [0.05, 0.1) is 7.11 Å². The summed E-state index contributed by atoms with van der Waals surface area (Å²) in [6.07, 6.45) is 1.88. The van der Waals surface area contributed by atoms with E-state index in [1.165, 1.54) is 17.5 Å². The number of hydrogen-bond acceptors (Lipinski definition) is 6. The van der Waals surface area contributed by atoms with Crippen molar-refractivity contribution >= 4 is 33.2 Å². The zero-order valence-corrected chi connectivity index (χ0v) is 14.4. The van der Waals surface area contributed by atoms with Gasteiger partial charge in [0, 0.05) is 32.1 Å². The predicted molar refractivity (Wildman–Crippen MR) is 83.7 cm³/mol. The zero-order valence-electron chi connectivity index (χ0n) is 12.7. The molecule has 1 aliphatic heterocycles. The van der Waals surface area contributed by atoms with Crippen LogP contribution in [0.1, 0.15) is 22.5 Å². The summed E-state index contributed by atoms with van der Waals surface area (Å²) in [7, 11) is -2.53. The summed E-state index contributed by atoms with van der Waals surface area (Å²) in [5.74, 6) is -0.380. The van der Waals surface area contributed by atoms with Crippen molar-refractivity contribution in [2.45, 2.75) is 17.7 Å². The zero-order chi connectivity index (χ0) is 16.6. The number of piperazine rings is 1. The summed E-state index contributed by atoms with van der Waals surface area (Å²) in [4.78, 5) is 25.5. The highest BCUT2D eigenvalue weighted by molar-refractivity contribution is 7.89. The number of amides is 1. The maximum absolute atomic E-state index is 12.7. The number of nitrogens with zero attached hydrogens (tertiary/aromatic N) is 2. The van der Waals surface area contributed by atoms with Gasteiger partial charge in [0.2, 0.25) is 15.9 Å². The van der Waals surface area contributed by atoms with E-state index in [9.17, 15) is 18.0 Å². The maximum Gasteiger partial charge on any atom is 0.349 e. The molecule has 9 heteroatoms. The highest BCUT2D eigenvalue weighted by Gasteiger charge is 2.37. The third kappa shape index (κ3) is 3.13. The van der Waals surface area contributed by atoms with Crippen molar-refractivity contribution in [1.82, 2.24) is 9.21 Å². The Balaban J connectivity index is 1.73. The fourth-order valence-electron chi connectivity index (χ4n) is 2.62. The van der Waals surface area contributed by atoms with Crippen LogP contribution in [0, 0.1) is 5.92 Å². The summed E-state index contributed by atoms with van der Waals surface area (Å²) >= 11 is 1.05. The van der Waals surface area contributed by atoms with Gasteiger partial charge in [-0.2, -0.15) is 4.31 Å². The van der Waals surface area contributed by atoms with Gasteiger partial charge < -0.3 is 9.64 Å². The molecule has 2 aliphatic rings. The van der Waals surface area contributed by atoms with E-state index >= 15 is 0 Å². The van der Waals surface area contributed by atoms with Crippen molar-refractivity contribution in [2.75, 3.05) is 33.3 Å². The highest BCUT2D eigenvalue weighted by atomic mass is 32.2. The monoisotopic (exact) mass is 358 g/mol. The molecule has 0 unspecified atom stereocenters. The molecule has 0 aromatic carbocycles. The number of sulfonamides is 1. The van der Waals surface area contributed by atoms with Crippen LogP contribution in [0.2, 0.25) is 0 Å². The van der Waals surface area contributed by atoms with E-state index in [0.29, 0.717) is 13.1 Å². The second kappa shape index (κ2) is 6.21. The second-order valence-corrected chi connectivity index (χ2v) is 8.43. The maximum atomic E-state index is 12.7. The average Bonchev–Trinajstić information content (AvgIpc) is 3.29. The lowest BCUT2D eigenvalue weighted by Crippen LogP contribution is -2.51. The molecule has 23 heavy (non-hydrogen) atoms. The van der Waals surface area contributed by atoms with E-state index < -0.39 is 16.0 Å². The molecule has 0 N–H and O–H groups in total. The Morgan fingerprint density at radius 2 is 1.87 bits per heavy atom. The number of esters is 1. The number of ether oxygens (including phenoxy) is 1. The first kappa shape index (κ1) is 16.4. The normalized spacial score (nSPS) is 19.6. The van der Waals surface area contributed by atoms with Crippen LogP contribution in [-0.4, -0.2) is 62.8 Å². The molecule has 1 saturated heterocycles. The topological polar surface area (TPSA) is 84.0 Å². The molecular formula is C14H18N2O5S2. The van der Waals surface area contributed by atoms with Crippen molar-refractivity contribution in [3.63, 3.8) is 0 Å². The molecule has 3 rings (SSSR count). The van der Waals surface area contributed by atoms with Crippen molar-refractivity contribution < 1.29 is 22.7 Å². The molecule has 7 nitrogen and oxygen atoms in total. The third-order valence-electron chi connectivity index (χ3n) is 4.09. The van der Waals surface area contributed by atoms with Gasteiger partial charge in [0.1, 0.15) is 9.77 Å². The minimum absolute atomic E-state index is 0.0173. The van der Waals surface area contributed by atoms with Gasteiger partial charge in [0.25, 0.3) is 0 Å². The smallest absolute Gasteiger partial charge is 0.349 e. The summed E-state index contributed by atoms with van der Waals surface area (Å²) in [6.45, 7) is 1.28. The third-order valence-corrected chi connectivity index (χ3v) is 7.06. The molecule has 1 aliphatic carbocycles.